The highest BCUT2D eigenvalue weighted by atomic mass is 19.4. The molecule has 2 N–H and O–H groups in total. The summed E-state index contributed by atoms with van der Waals surface area (Å²) in [6.07, 6.45) is -7.78. The normalized spacial score (nSPS) is 23.5. The molecule has 5 atom stereocenters. The molecule has 18 heteroatoms. The van der Waals surface area contributed by atoms with E-state index in [0.717, 1.165) is 53.8 Å². The third-order valence-electron chi connectivity index (χ3n) is 11.3. The highest BCUT2D eigenvalue weighted by Crippen LogP contribution is 2.54. The number of carbonyl (C=O) groups excluding carboxylic acids is 3. The number of likely N-dealkylation sites (N-methyl/N-ethyl adjacent to an activating group) is 1. The lowest BCUT2D eigenvalue weighted by molar-refractivity contribution is -0.209. The molecule has 3 saturated carbocycles. The Morgan fingerprint density at radius 3 is 2.24 bits per heavy atom. The number of amides is 3. The van der Waals surface area contributed by atoms with Crippen LogP contribution in [0.2, 0.25) is 0 Å². The molecule has 0 spiro atoms. The number of nitrogens with one attached hydrogen (secondary N) is 2. The van der Waals surface area contributed by atoms with Crippen molar-refractivity contribution in [2.75, 3.05) is 45.7 Å². The topological polar surface area (TPSA) is 113 Å². The van der Waals surface area contributed by atoms with E-state index in [4.69, 9.17) is 9.47 Å². The van der Waals surface area contributed by atoms with E-state index in [1.165, 1.54) is 13.2 Å². The number of alkyl halides is 6. The Morgan fingerprint density at radius 2 is 1.59 bits per heavy atom. The molecule has 4 aliphatic rings. The van der Waals surface area contributed by atoms with Gasteiger partial charge in [-0.15, -0.1) is 0 Å². The molecule has 3 aromatic rings. The first kappa shape index (κ1) is 40.9. The molecular formula is C40H39F8N5O5. The van der Waals surface area contributed by atoms with E-state index >= 15 is 4.39 Å². The zero-order valence-electron chi connectivity index (χ0n) is 31.2. The minimum Gasteiger partial charge on any atom is -0.480 e. The van der Waals surface area contributed by atoms with Crippen LogP contribution in [0.1, 0.15) is 53.3 Å². The number of piperazine rings is 1. The maximum absolute atomic E-state index is 15.4. The van der Waals surface area contributed by atoms with Gasteiger partial charge in [-0.3, -0.25) is 9.59 Å². The Kier molecular flexibility index (Phi) is 11.2. The van der Waals surface area contributed by atoms with Crippen LogP contribution in [0.4, 0.5) is 45.6 Å². The number of allylic oxidation sites excluding steroid dienone is 1. The smallest absolute Gasteiger partial charge is 0.429 e. The largest absolute Gasteiger partial charge is 0.480 e. The average Bonchev–Trinajstić information content (AvgIpc) is 3.85. The van der Waals surface area contributed by atoms with Gasteiger partial charge in [-0.05, 0) is 81.0 Å². The summed E-state index contributed by atoms with van der Waals surface area (Å²) in [5.41, 5.74) is -2.23. The number of fused-ring (bicyclic) bond motifs is 2. The summed E-state index contributed by atoms with van der Waals surface area (Å²) in [4.78, 5) is 48.0. The van der Waals surface area contributed by atoms with E-state index in [2.05, 4.69) is 21.7 Å². The van der Waals surface area contributed by atoms with Gasteiger partial charge in [0.1, 0.15) is 17.2 Å². The zero-order valence-corrected chi connectivity index (χ0v) is 31.2. The van der Waals surface area contributed by atoms with Crippen molar-refractivity contribution >= 4 is 23.6 Å². The monoisotopic (exact) mass is 821 g/mol. The summed E-state index contributed by atoms with van der Waals surface area (Å²) in [5.74, 6) is -5.53. The van der Waals surface area contributed by atoms with E-state index in [9.17, 15) is 45.1 Å². The lowest BCUT2D eigenvalue weighted by Gasteiger charge is -2.33. The second-order valence-electron chi connectivity index (χ2n) is 15.1. The van der Waals surface area contributed by atoms with Crippen molar-refractivity contribution in [1.29, 1.82) is 0 Å². The van der Waals surface area contributed by atoms with E-state index in [1.807, 2.05) is 4.90 Å². The van der Waals surface area contributed by atoms with Crippen LogP contribution < -0.4 is 15.4 Å². The lowest BCUT2D eigenvalue weighted by Crippen LogP contribution is -2.48. The van der Waals surface area contributed by atoms with Gasteiger partial charge in [-0.1, -0.05) is 17.7 Å². The van der Waals surface area contributed by atoms with Crippen LogP contribution in [-0.2, 0) is 15.7 Å². The van der Waals surface area contributed by atoms with Crippen LogP contribution in [0.5, 0.6) is 5.88 Å². The molecule has 7 rings (SSSR count). The molecule has 2 unspecified atom stereocenters. The predicted molar refractivity (Wildman–Crippen MR) is 192 cm³/mol. The quantitative estimate of drug-likeness (QED) is 0.168. The van der Waals surface area contributed by atoms with Crippen LogP contribution in [0.25, 0.3) is 11.1 Å². The van der Waals surface area contributed by atoms with Gasteiger partial charge in [-0.25, -0.2) is 18.6 Å². The molecule has 1 saturated heterocycles. The number of anilines is 1. The van der Waals surface area contributed by atoms with Gasteiger partial charge in [0.25, 0.3) is 5.91 Å². The first-order valence-corrected chi connectivity index (χ1v) is 18.7. The summed E-state index contributed by atoms with van der Waals surface area (Å²) in [6, 6.07) is 4.91. The number of ether oxygens (including phenoxy) is 2. The molecule has 3 amide bonds. The van der Waals surface area contributed by atoms with Crippen molar-refractivity contribution in [1.82, 2.24) is 20.1 Å². The average molecular weight is 822 g/mol. The maximum Gasteiger partial charge on any atom is 0.429 e. The van der Waals surface area contributed by atoms with Crippen LogP contribution in [-0.4, -0.2) is 85.2 Å². The molecule has 1 aromatic heterocycles. The summed E-state index contributed by atoms with van der Waals surface area (Å²) in [6.45, 7) is 1.17. The Labute approximate surface area is 327 Å². The van der Waals surface area contributed by atoms with Gasteiger partial charge >= 0.3 is 18.4 Å². The first-order valence-electron chi connectivity index (χ1n) is 18.7. The number of hydrogen-bond donors (Lipinski definition) is 2. The lowest BCUT2D eigenvalue weighted by atomic mass is 9.83. The number of halogens is 8. The Morgan fingerprint density at radius 1 is 0.897 bits per heavy atom. The van der Waals surface area contributed by atoms with E-state index in [-0.39, 0.29) is 47.6 Å². The van der Waals surface area contributed by atoms with E-state index in [1.54, 1.807) is 7.05 Å². The molecule has 2 heterocycles. The van der Waals surface area contributed by atoms with Crippen molar-refractivity contribution < 1.29 is 59.0 Å². The molecule has 3 aliphatic carbocycles. The molecule has 2 aromatic carbocycles. The van der Waals surface area contributed by atoms with Crippen molar-refractivity contribution in [3.8, 4) is 17.0 Å². The second-order valence-corrected chi connectivity index (χ2v) is 15.1. The van der Waals surface area contributed by atoms with E-state index in [0.29, 0.717) is 44.0 Å². The number of nitrogens with zero attached hydrogens (tertiary/aromatic N) is 3. The van der Waals surface area contributed by atoms with Gasteiger partial charge in [0.05, 0.1) is 18.6 Å². The molecule has 2 bridgehead atoms. The van der Waals surface area contributed by atoms with Crippen molar-refractivity contribution in [3.05, 3.63) is 88.6 Å². The molecule has 310 valence electrons. The summed E-state index contributed by atoms with van der Waals surface area (Å²) in [5, 5.41) is 5.35. The molecule has 0 radical (unpaired) electrons. The van der Waals surface area contributed by atoms with Crippen LogP contribution in [0.3, 0.4) is 0 Å². The molecule has 1 aliphatic heterocycles. The van der Waals surface area contributed by atoms with Gasteiger partial charge < -0.3 is 29.9 Å². The van der Waals surface area contributed by atoms with Crippen LogP contribution >= 0.6 is 0 Å². The predicted octanol–water partition coefficient (Wildman–Crippen LogP) is 7.77. The number of pyridine rings is 1. The van der Waals surface area contributed by atoms with Crippen LogP contribution in [0.15, 0.2) is 60.3 Å². The Bertz CT molecular complexity index is 2120. The number of methoxy groups -OCH3 is 1. The molecule has 10 nitrogen and oxygen atoms in total. The maximum atomic E-state index is 15.4. The van der Waals surface area contributed by atoms with E-state index < -0.39 is 76.6 Å². The number of rotatable bonds is 9. The number of aromatic nitrogens is 1. The van der Waals surface area contributed by atoms with Crippen molar-refractivity contribution in [2.45, 2.75) is 50.2 Å². The third kappa shape index (κ3) is 8.47. The summed E-state index contributed by atoms with van der Waals surface area (Å²) >= 11 is 0. The third-order valence-corrected chi connectivity index (χ3v) is 11.3. The first-order chi connectivity index (χ1) is 27.4. The van der Waals surface area contributed by atoms with Gasteiger partial charge in [0.2, 0.25) is 17.9 Å². The van der Waals surface area contributed by atoms with Gasteiger partial charge in [0.15, 0.2) is 0 Å². The fourth-order valence-electron chi connectivity index (χ4n) is 8.18. The van der Waals surface area contributed by atoms with Crippen molar-refractivity contribution in [3.63, 3.8) is 0 Å². The number of benzene rings is 2. The molecule has 4 fully saturated rings. The molecular weight excluding hydrogens is 782 g/mol. The van der Waals surface area contributed by atoms with Gasteiger partial charge in [-0.2, -0.15) is 26.3 Å². The Hall–Kier alpha value is -5.26. The number of carbonyl (C=O) groups is 3. The summed E-state index contributed by atoms with van der Waals surface area (Å²) < 4.78 is 123. The SMILES string of the molecule is COc1ncc(-c2cc([C@H](OC(=O)N3CCN(C)CC3)C(F)(F)F)ccc2F)cc1C(=O)N[C@@H]1C2CCC(/C2=C/C2CC2)[C@@H]1C(=O)Nc1ccc(F)c(C(F)(F)F)c1. The molecule has 58 heavy (non-hydrogen) atoms. The fourth-order valence-corrected chi connectivity index (χ4v) is 8.18. The van der Waals surface area contributed by atoms with Crippen LogP contribution in [0, 0.1) is 35.3 Å². The number of hydrogen-bond acceptors (Lipinski definition) is 7. The highest BCUT2D eigenvalue weighted by molar-refractivity contribution is 5.99. The van der Waals surface area contributed by atoms with Crippen molar-refractivity contribution in [2.24, 2.45) is 23.7 Å². The highest BCUT2D eigenvalue weighted by Gasteiger charge is 2.55. The van der Waals surface area contributed by atoms with Gasteiger partial charge in [0, 0.05) is 66.7 Å². The standard InChI is InChI=1S/C40H39F8N5O5/c1-52-11-13-53(14-12-52)38(56)58-34(40(46,47)48)21-5-9-30(41)26(16-21)22-17-28(37(57-2)49-19-22)35(54)51-33-25-8-7-24(27(25)15-20-3-4-20)32(33)36(55)50-23-6-10-31(42)29(18-23)39(43,44)45/h5-6,9-10,15-20,24-25,32-34H,3-4,7-8,11-14H2,1-2H3,(H,50,55)(H,51,54)/b27-15-/t24?,25?,32-,33+,34-/m0/s1. The fraction of sp³-hybridized carbons (Fsp3) is 0.450. The second kappa shape index (κ2) is 15.8. The summed E-state index contributed by atoms with van der Waals surface area (Å²) in [7, 11) is 3.02. The Balaban J connectivity index is 1.17. The minimum absolute atomic E-state index is 0.120. The zero-order chi connectivity index (χ0) is 41.7. The minimum atomic E-state index is -5.08.